The zero-order valence-electron chi connectivity index (χ0n) is 12.7. The van der Waals surface area contributed by atoms with Crippen LogP contribution in [-0.4, -0.2) is 31.0 Å². The van der Waals surface area contributed by atoms with E-state index in [1.807, 2.05) is 25.1 Å². The third kappa shape index (κ3) is 5.41. The van der Waals surface area contributed by atoms with E-state index in [-0.39, 0.29) is 6.61 Å². The predicted molar refractivity (Wildman–Crippen MR) is 83.5 cm³/mol. The molecule has 0 aliphatic carbocycles. The van der Waals surface area contributed by atoms with Crippen LogP contribution >= 0.6 is 0 Å². The van der Waals surface area contributed by atoms with Gasteiger partial charge in [0.1, 0.15) is 5.75 Å². The molecule has 0 aromatic heterocycles. The molecule has 21 heavy (non-hydrogen) atoms. The Balaban J connectivity index is 1.76. The van der Waals surface area contributed by atoms with Crippen molar-refractivity contribution in [2.24, 2.45) is 0 Å². The van der Waals surface area contributed by atoms with Crippen LogP contribution in [-0.2, 0) is 4.74 Å². The van der Waals surface area contributed by atoms with Crippen molar-refractivity contribution >= 4 is 0 Å². The summed E-state index contributed by atoms with van der Waals surface area (Å²) < 4.78 is 11.4. The van der Waals surface area contributed by atoms with Gasteiger partial charge < -0.3 is 14.6 Å². The quantitative estimate of drug-likeness (QED) is 0.646. The van der Waals surface area contributed by atoms with Crippen LogP contribution in [0.5, 0.6) is 5.75 Å². The highest BCUT2D eigenvalue weighted by Gasteiger charge is 2.14. The molecule has 1 unspecified atom stereocenters. The Kier molecular flexibility index (Phi) is 6.59. The lowest BCUT2D eigenvalue weighted by molar-refractivity contribution is 0.0981. The molecule has 1 fully saturated rings. The monoisotopic (exact) mass is 288 g/mol. The Morgan fingerprint density at radius 1 is 1.43 bits per heavy atom. The van der Waals surface area contributed by atoms with Gasteiger partial charge in [-0.3, -0.25) is 0 Å². The number of aliphatic hydroxyl groups is 1. The number of ether oxygens (including phenoxy) is 2. The van der Waals surface area contributed by atoms with E-state index in [4.69, 9.17) is 14.6 Å². The highest BCUT2D eigenvalue weighted by Crippen LogP contribution is 2.20. The third-order valence-corrected chi connectivity index (χ3v) is 3.60. The molecule has 1 heterocycles. The first-order chi connectivity index (χ1) is 10.3. The van der Waals surface area contributed by atoms with E-state index in [0.29, 0.717) is 12.5 Å². The molecule has 1 aliphatic rings. The second kappa shape index (κ2) is 8.71. The minimum Gasteiger partial charge on any atom is -0.493 e. The molecule has 114 valence electrons. The number of rotatable bonds is 6. The Hall–Kier alpha value is -1.50. The highest BCUT2D eigenvalue weighted by atomic mass is 16.5. The summed E-state index contributed by atoms with van der Waals surface area (Å²) >= 11 is 0. The number of aliphatic hydroxyl groups excluding tert-OH is 1. The van der Waals surface area contributed by atoms with Gasteiger partial charge in [0, 0.05) is 18.6 Å². The molecule has 1 saturated heterocycles. The number of aryl methyl sites for hydroxylation is 1. The second-order valence-corrected chi connectivity index (χ2v) is 5.38. The molecule has 0 amide bonds. The van der Waals surface area contributed by atoms with Crippen molar-refractivity contribution in [3.05, 3.63) is 29.3 Å². The van der Waals surface area contributed by atoms with Crippen molar-refractivity contribution in [2.45, 2.75) is 45.1 Å². The first-order valence-electron chi connectivity index (χ1n) is 7.74. The molecule has 2 rings (SSSR count). The Morgan fingerprint density at radius 3 is 3.05 bits per heavy atom. The van der Waals surface area contributed by atoms with Crippen molar-refractivity contribution in [3.63, 3.8) is 0 Å². The van der Waals surface area contributed by atoms with Gasteiger partial charge >= 0.3 is 0 Å². The Bertz CT molecular complexity index is 493. The Morgan fingerprint density at radius 2 is 2.33 bits per heavy atom. The molecule has 1 N–H and O–H groups in total. The predicted octanol–water partition coefficient (Wildman–Crippen LogP) is 3.07. The molecule has 0 bridgehead atoms. The average Bonchev–Trinajstić information content (AvgIpc) is 2.99. The van der Waals surface area contributed by atoms with Gasteiger partial charge in [0.05, 0.1) is 19.3 Å². The highest BCUT2D eigenvalue weighted by molar-refractivity contribution is 5.43. The lowest BCUT2D eigenvalue weighted by atomic mass is 10.1. The van der Waals surface area contributed by atoms with E-state index in [0.717, 1.165) is 42.9 Å². The first kappa shape index (κ1) is 15.9. The van der Waals surface area contributed by atoms with E-state index >= 15 is 0 Å². The van der Waals surface area contributed by atoms with E-state index in [1.165, 1.54) is 12.8 Å². The van der Waals surface area contributed by atoms with Gasteiger partial charge in [-0.15, -0.1) is 0 Å². The molecule has 1 aromatic rings. The second-order valence-electron chi connectivity index (χ2n) is 5.38. The van der Waals surface area contributed by atoms with Gasteiger partial charge in [0.2, 0.25) is 0 Å². The van der Waals surface area contributed by atoms with Crippen LogP contribution in [0.2, 0.25) is 0 Å². The first-order valence-corrected chi connectivity index (χ1v) is 7.74. The summed E-state index contributed by atoms with van der Waals surface area (Å²) in [4.78, 5) is 0. The van der Waals surface area contributed by atoms with Crippen LogP contribution in [0.3, 0.4) is 0 Å². The molecule has 0 spiro atoms. The maximum absolute atomic E-state index is 8.71. The molecule has 0 radical (unpaired) electrons. The van der Waals surface area contributed by atoms with E-state index in [2.05, 4.69) is 11.8 Å². The summed E-state index contributed by atoms with van der Waals surface area (Å²) in [5.74, 6) is 6.89. The molecular formula is C18H24O3. The Labute approximate surface area is 127 Å². The van der Waals surface area contributed by atoms with Crippen molar-refractivity contribution in [2.75, 3.05) is 19.8 Å². The molecule has 3 nitrogen and oxygen atoms in total. The summed E-state index contributed by atoms with van der Waals surface area (Å²) in [6, 6.07) is 5.97. The molecule has 0 saturated carbocycles. The molecular weight excluding hydrogens is 264 g/mol. The molecule has 3 heteroatoms. The fourth-order valence-corrected chi connectivity index (χ4v) is 2.47. The summed E-state index contributed by atoms with van der Waals surface area (Å²) in [6.07, 6.45) is 5.47. The fourth-order valence-electron chi connectivity index (χ4n) is 2.47. The molecule has 1 aliphatic heterocycles. The average molecular weight is 288 g/mol. The lowest BCUT2D eigenvalue weighted by Crippen LogP contribution is -2.08. The van der Waals surface area contributed by atoms with Crippen molar-refractivity contribution in [1.29, 1.82) is 0 Å². The van der Waals surface area contributed by atoms with Crippen LogP contribution in [0.15, 0.2) is 18.2 Å². The number of benzene rings is 1. The van der Waals surface area contributed by atoms with Gasteiger partial charge in [-0.1, -0.05) is 11.8 Å². The molecule has 1 atom stereocenters. The van der Waals surface area contributed by atoms with Gasteiger partial charge in [0.25, 0.3) is 0 Å². The van der Waals surface area contributed by atoms with Gasteiger partial charge in [-0.05, 0) is 56.4 Å². The summed E-state index contributed by atoms with van der Waals surface area (Å²) in [5, 5.41) is 8.71. The lowest BCUT2D eigenvalue weighted by Gasteiger charge is -2.11. The van der Waals surface area contributed by atoms with Crippen molar-refractivity contribution in [3.8, 4) is 17.6 Å². The van der Waals surface area contributed by atoms with Crippen LogP contribution in [0.4, 0.5) is 0 Å². The fraction of sp³-hybridized carbons (Fsp3) is 0.556. The maximum atomic E-state index is 8.71. The summed E-state index contributed by atoms with van der Waals surface area (Å²) in [6.45, 7) is 3.80. The summed E-state index contributed by atoms with van der Waals surface area (Å²) in [7, 11) is 0. The van der Waals surface area contributed by atoms with Crippen molar-refractivity contribution in [1.82, 2.24) is 0 Å². The van der Waals surface area contributed by atoms with Crippen molar-refractivity contribution < 1.29 is 14.6 Å². The van der Waals surface area contributed by atoms with Gasteiger partial charge in [-0.25, -0.2) is 0 Å². The van der Waals surface area contributed by atoms with Gasteiger partial charge in [0.15, 0.2) is 0 Å². The van der Waals surface area contributed by atoms with Crippen LogP contribution in [0.1, 0.15) is 43.2 Å². The minimum atomic E-state index is 0.109. The standard InChI is InChI=1S/C18H24O3/c1-15-14-16(6-2-3-11-19)9-10-18(15)21-13-5-8-17-7-4-12-20-17/h9-10,14,17,19H,3-5,7-8,11-13H2,1H3. The number of hydrogen-bond acceptors (Lipinski definition) is 3. The smallest absolute Gasteiger partial charge is 0.122 e. The number of hydrogen-bond donors (Lipinski definition) is 1. The van der Waals surface area contributed by atoms with Crippen LogP contribution < -0.4 is 4.74 Å². The van der Waals surface area contributed by atoms with E-state index in [9.17, 15) is 0 Å². The normalized spacial score (nSPS) is 17.3. The maximum Gasteiger partial charge on any atom is 0.122 e. The summed E-state index contributed by atoms with van der Waals surface area (Å²) in [5.41, 5.74) is 2.07. The van der Waals surface area contributed by atoms with Crippen LogP contribution in [0.25, 0.3) is 0 Å². The van der Waals surface area contributed by atoms with E-state index < -0.39 is 0 Å². The zero-order valence-corrected chi connectivity index (χ0v) is 12.7. The largest absolute Gasteiger partial charge is 0.493 e. The zero-order chi connectivity index (χ0) is 14.9. The third-order valence-electron chi connectivity index (χ3n) is 3.60. The minimum absolute atomic E-state index is 0.109. The molecule has 1 aromatic carbocycles. The van der Waals surface area contributed by atoms with E-state index in [1.54, 1.807) is 0 Å². The van der Waals surface area contributed by atoms with Crippen LogP contribution in [0, 0.1) is 18.8 Å². The topological polar surface area (TPSA) is 38.7 Å². The SMILES string of the molecule is Cc1cc(C#CCCO)ccc1OCCCC1CCCO1. The van der Waals surface area contributed by atoms with Gasteiger partial charge in [-0.2, -0.15) is 0 Å².